The van der Waals surface area contributed by atoms with Crippen molar-refractivity contribution < 1.29 is 19.0 Å². The van der Waals surface area contributed by atoms with Crippen LogP contribution >= 0.6 is 0 Å². The van der Waals surface area contributed by atoms with E-state index in [1.807, 2.05) is 48.5 Å². The summed E-state index contributed by atoms with van der Waals surface area (Å²) in [6.45, 7) is 0. The number of fused-ring (bicyclic) bond motifs is 1. The summed E-state index contributed by atoms with van der Waals surface area (Å²) in [5.41, 5.74) is 1.49. The monoisotopic (exact) mass is 348 g/mol. The van der Waals surface area contributed by atoms with Crippen molar-refractivity contribution in [2.24, 2.45) is 0 Å². The number of ether oxygens (including phenoxy) is 3. The van der Waals surface area contributed by atoms with Gasteiger partial charge in [0.15, 0.2) is 17.3 Å². The second-order valence-corrected chi connectivity index (χ2v) is 5.67. The van der Waals surface area contributed by atoms with Crippen molar-refractivity contribution in [2.75, 3.05) is 21.3 Å². The molecule has 0 atom stereocenters. The van der Waals surface area contributed by atoms with Crippen LogP contribution in [0.5, 0.6) is 17.2 Å². The molecule has 0 aliphatic carbocycles. The first-order valence-electron chi connectivity index (χ1n) is 8.18. The van der Waals surface area contributed by atoms with E-state index in [1.54, 1.807) is 39.5 Å². The van der Waals surface area contributed by atoms with Gasteiger partial charge in [0.2, 0.25) is 0 Å². The Hall–Kier alpha value is -3.27. The third kappa shape index (κ3) is 3.40. The lowest BCUT2D eigenvalue weighted by atomic mass is 10.00. The van der Waals surface area contributed by atoms with Crippen molar-refractivity contribution in [3.8, 4) is 17.2 Å². The molecule has 0 fully saturated rings. The Morgan fingerprint density at radius 3 is 2.12 bits per heavy atom. The van der Waals surface area contributed by atoms with Crippen LogP contribution in [0.25, 0.3) is 16.8 Å². The summed E-state index contributed by atoms with van der Waals surface area (Å²) in [6, 6.07) is 16.8. The lowest BCUT2D eigenvalue weighted by molar-refractivity contribution is 0.104. The highest BCUT2D eigenvalue weighted by Crippen LogP contribution is 2.30. The van der Waals surface area contributed by atoms with Crippen molar-refractivity contribution in [1.82, 2.24) is 0 Å². The molecule has 0 N–H and O–H groups in total. The summed E-state index contributed by atoms with van der Waals surface area (Å²) in [4.78, 5) is 12.7. The highest BCUT2D eigenvalue weighted by molar-refractivity contribution is 6.15. The fourth-order valence-corrected chi connectivity index (χ4v) is 2.88. The zero-order valence-corrected chi connectivity index (χ0v) is 15.0. The third-order valence-corrected chi connectivity index (χ3v) is 4.20. The van der Waals surface area contributed by atoms with Crippen molar-refractivity contribution in [1.29, 1.82) is 0 Å². The maximum atomic E-state index is 12.7. The summed E-state index contributed by atoms with van der Waals surface area (Å²) in [5.74, 6) is 1.95. The van der Waals surface area contributed by atoms with E-state index >= 15 is 0 Å². The van der Waals surface area contributed by atoms with Gasteiger partial charge in [0.1, 0.15) is 5.75 Å². The summed E-state index contributed by atoms with van der Waals surface area (Å²) >= 11 is 0. The van der Waals surface area contributed by atoms with Crippen molar-refractivity contribution in [3.63, 3.8) is 0 Å². The molecular formula is C22H20O4. The molecule has 0 saturated heterocycles. The molecule has 0 amide bonds. The van der Waals surface area contributed by atoms with E-state index in [2.05, 4.69) is 0 Å². The van der Waals surface area contributed by atoms with Crippen LogP contribution in [0.4, 0.5) is 0 Å². The molecule has 132 valence electrons. The molecule has 26 heavy (non-hydrogen) atoms. The van der Waals surface area contributed by atoms with Crippen LogP contribution in [0.3, 0.4) is 0 Å². The number of ketones is 1. The van der Waals surface area contributed by atoms with Gasteiger partial charge in [-0.3, -0.25) is 4.79 Å². The SMILES string of the molecule is COc1ccc(/C=C/C(=O)c2ccc(OC)c3ccccc23)cc1OC. The van der Waals surface area contributed by atoms with Gasteiger partial charge >= 0.3 is 0 Å². The summed E-state index contributed by atoms with van der Waals surface area (Å²) < 4.78 is 15.9. The molecular weight excluding hydrogens is 328 g/mol. The molecule has 4 heteroatoms. The molecule has 0 bridgehead atoms. The Balaban J connectivity index is 1.94. The van der Waals surface area contributed by atoms with Crippen LogP contribution in [0.1, 0.15) is 15.9 Å². The van der Waals surface area contributed by atoms with Gasteiger partial charge in [-0.15, -0.1) is 0 Å². The number of carbonyl (C=O) groups is 1. The van der Waals surface area contributed by atoms with Gasteiger partial charge in [-0.25, -0.2) is 0 Å². The van der Waals surface area contributed by atoms with Gasteiger partial charge in [-0.1, -0.05) is 36.4 Å². The third-order valence-electron chi connectivity index (χ3n) is 4.20. The molecule has 3 rings (SSSR count). The molecule has 4 nitrogen and oxygen atoms in total. The van der Waals surface area contributed by atoms with Crippen LogP contribution < -0.4 is 14.2 Å². The van der Waals surface area contributed by atoms with E-state index in [4.69, 9.17) is 14.2 Å². The number of carbonyl (C=O) groups excluding carboxylic acids is 1. The minimum absolute atomic E-state index is 0.0707. The maximum absolute atomic E-state index is 12.7. The Morgan fingerprint density at radius 2 is 1.42 bits per heavy atom. The zero-order chi connectivity index (χ0) is 18.5. The van der Waals surface area contributed by atoms with Crippen molar-refractivity contribution in [2.45, 2.75) is 0 Å². The largest absolute Gasteiger partial charge is 0.496 e. The number of methoxy groups -OCH3 is 3. The average Bonchev–Trinajstić information content (AvgIpc) is 2.70. The van der Waals surface area contributed by atoms with Crippen molar-refractivity contribution in [3.05, 3.63) is 71.8 Å². The number of allylic oxidation sites excluding steroid dienone is 1. The molecule has 3 aromatic carbocycles. The highest BCUT2D eigenvalue weighted by atomic mass is 16.5. The second-order valence-electron chi connectivity index (χ2n) is 5.67. The Labute approximate surface area is 152 Å². The Bertz CT molecular complexity index is 973. The molecule has 0 aliphatic heterocycles. The molecule has 0 heterocycles. The first-order chi connectivity index (χ1) is 12.7. The van der Waals surface area contributed by atoms with E-state index < -0.39 is 0 Å². The quantitative estimate of drug-likeness (QED) is 0.476. The molecule has 3 aromatic rings. The van der Waals surface area contributed by atoms with Gasteiger partial charge in [-0.2, -0.15) is 0 Å². The van der Waals surface area contributed by atoms with Gasteiger partial charge in [-0.05, 0) is 41.3 Å². The highest BCUT2D eigenvalue weighted by Gasteiger charge is 2.11. The molecule has 0 saturated carbocycles. The number of rotatable bonds is 6. The molecule has 0 spiro atoms. The van der Waals surface area contributed by atoms with Crippen LogP contribution in [0, 0.1) is 0 Å². The maximum Gasteiger partial charge on any atom is 0.186 e. The summed E-state index contributed by atoms with van der Waals surface area (Å²) in [7, 11) is 4.80. The number of hydrogen-bond acceptors (Lipinski definition) is 4. The standard InChI is InChI=1S/C22H20O4/c1-24-20-13-10-17(16-6-4-5-7-18(16)20)19(23)11-8-15-9-12-21(25-2)22(14-15)26-3/h4-14H,1-3H3/b11-8+. The van der Waals surface area contributed by atoms with E-state index in [0.29, 0.717) is 17.1 Å². The number of hydrogen-bond donors (Lipinski definition) is 0. The summed E-state index contributed by atoms with van der Waals surface area (Å²) in [6.07, 6.45) is 3.33. The fourth-order valence-electron chi connectivity index (χ4n) is 2.88. The first-order valence-corrected chi connectivity index (χ1v) is 8.18. The van der Waals surface area contributed by atoms with E-state index in [9.17, 15) is 4.79 Å². The van der Waals surface area contributed by atoms with Crippen LogP contribution in [0.15, 0.2) is 60.7 Å². The molecule has 0 radical (unpaired) electrons. The van der Waals surface area contributed by atoms with Crippen LogP contribution in [-0.2, 0) is 0 Å². The van der Waals surface area contributed by atoms with Gasteiger partial charge in [0.05, 0.1) is 21.3 Å². The lowest BCUT2D eigenvalue weighted by Gasteiger charge is -2.09. The number of benzene rings is 3. The van der Waals surface area contributed by atoms with E-state index in [-0.39, 0.29) is 5.78 Å². The molecule has 0 aromatic heterocycles. The second kappa shape index (κ2) is 7.74. The topological polar surface area (TPSA) is 44.8 Å². The fraction of sp³-hybridized carbons (Fsp3) is 0.136. The smallest absolute Gasteiger partial charge is 0.186 e. The van der Waals surface area contributed by atoms with Gasteiger partial charge in [0, 0.05) is 10.9 Å². The van der Waals surface area contributed by atoms with Crippen molar-refractivity contribution >= 4 is 22.6 Å². The minimum Gasteiger partial charge on any atom is -0.496 e. The predicted molar refractivity (Wildman–Crippen MR) is 103 cm³/mol. The predicted octanol–water partition coefficient (Wildman–Crippen LogP) is 4.76. The normalized spacial score (nSPS) is 10.9. The van der Waals surface area contributed by atoms with Gasteiger partial charge in [0.25, 0.3) is 0 Å². The van der Waals surface area contributed by atoms with E-state index in [1.165, 1.54) is 0 Å². The lowest BCUT2D eigenvalue weighted by Crippen LogP contribution is -1.97. The van der Waals surface area contributed by atoms with Gasteiger partial charge < -0.3 is 14.2 Å². The first kappa shape index (κ1) is 17.5. The molecule has 0 aliphatic rings. The zero-order valence-electron chi connectivity index (χ0n) is 15.0. The summed E-state index contributed by atoms with van der Waals surface area (Å²) in [5, 5.41) is 1.79. The average molecular weight is 348 g/mol. The Kier molecular flexibility index (Phi) is 5.23. The van der Waals surface area contributed by atoms with Crippen LogP contribution in [0.2, 0.25) is 0 Å². The van der Waals surface area contributed by atoms with Crippen LogP contribution in [-0.4, -0.2) is 27.1 Å². The minimum atomic E-state index is -0.0707. The van der Waals surface area contributed by atoms with E-state index in [0.717, 1.165) is 22.1 Å². The molecule has 0 unspecified atom stereocenters. The Morgan fingerprint density at radius 1 is 0.769 bits per heavy atom.